The van der Waals surface area contributed by atoms with Crippen molar-refractivity contribution < 1.29 is 47.6 Å². The standard InChI is InChI=1S/C19H32N8O10P2S2/c20-13-1-2-26(19(29)25-13)14-3-9(28)11(35-14)5-34-39(32,41)37-10-4-15(36-12(10)6-33-38(30,31)40)27-8-24-16-17(21)22-7-23-18(16)27/h1-2,7,9-15,17,24,28H,3-6,8,20-21H2,(H,22,23)(H,25,29)(H,32,41)(H2,30,31,40)/t9-,10-,11-,12-,13?,14-,15-,17?,39?/m1/s1. The summed E-state index contributed by atoms with van der Waals surface area (Å²) in [6.45, 7) is -8.35. The Labute approximate surface area is 244 Å². The van der Waals surface area contributed by atoms with E-state index in [1.807, 2.05) is 0 Å². The number of ether oxygens (including phenoxy) is 2. The van der Waals surface area contributed by atoms with Crippen molar-refractivity contribution in [2.45, 2.75) is 62.0 Å². The summed E-state index contributed by atoms with van der Waals surface area (Å²) in [5.41, 5.74) is 12.4. The van der Waals surface area contributed by atoms with Crippen molar-refractivity contribution in [3.63, 3.8) is 0 Å². The number of hydrogen-bond donors (Lipinski definition) is 9. The van der Waals surface area contributed by atoms with Gasteiger partial charge in [0.05, 0.1) is 50.3 Å². The second-order valence-corrected chi connectivity index (χ2v) is 15.1. The second-order valence-electron chi connectivity index (χ2n) is 9.66. The van der Waals surface area contributed by atoms with Crippen LogP contribution in [0.1, 0.15) is 12.8 Å². The number of nitrogens with two attached hydrogens (primary N) is 2. The summed E-state index contributed by atoms with van der Waals surface area (Å²) in [5, 5.41) is 19.0. The molecule has 11 N–H and O–H groups in total. The van der Waals surface area contributed by atoms with Crippen molar-refractivity contribution in [3.05, 3.63) is 23.8 Å². The first-order valence-electron chi connectivity index (χ1n) is 12.5. The van der Waals surface area contributed by atoms with Crippen LogP contribution in [0, 0.1) is 0 Å². The Morgan fingerprint density at radius 1 is 1.12 bits per heavy atom. The maximum Gasteiger partial charge on any atom is 0.325 e. The number of carbonyl (C=O) groups is 1. The number of urea groups is 1. The number of hydrogen-bond acceptors (Lipinski definition) is 15. The molecular formula is C19H32N8O10P2S2. The quantitative estimate of drug-likeness (QED) is 0.107. The van der Waals surface area contributed by atoms with Crippen molar-refractivity contribution in [2.24, 2.45) is 16.5 Å². The maximum atomic E-state index is 12.2. The third-order valence-electron chi connectivity index (χ3n) is 6.80. The molecular weight excluding hydrogens is 626 g/mol. The monoisotopic (exact) mass is 658 g/mol. The predicted octanol–water partition coefficient (Wildman–Crippen LogP) is -2.81. The van der Waals surface area contributed by atoms with Gasteiger partial charge >= 0.3 is 19.5 Å². The van der Waals surface area contributed by atoms with Gasteiger partial charge in [0.2, 0.25) is 0 Å². The van der Waals surface area contributed by atoms with Gasteiger partial charge in [-0.15, -0.1) is 0 Å². The molecule has 5 rings (SSSR count). The number of nitrogens with zero attached hydrogens (tertiary/aromatic N) is 3. The van der Waals surface area contributed by atoms with Gasteiger partial charge in [-0.1, -0.05) is 0 Å². The molecule has 5 aliphatic rings. The maximum absolute atomic E-state index is 12.2. The zero-order chi connectivity index (χ0) is 29.5. The highest BCUT2D eigenvalue weighted by atomic mass is 32.5. The van der Waals surface area contributed by atoms with Crippen LogP contribution in [0.15, 0.2) is 28.8 Å². The first kappa shape index (κ1) is 31.1. The number of rotatable bonds is 10. The Morgan fingerprint density at radius 2 is 1.85 bits per heavy atom. The Kier molecular flexibility index (Phi) is 9.37. The highest BCUT2D eigenvalue weighted by Crippen LogP contribution is 2.49. The molecule has 2 fully saturated rings. The molecule has 0 radical (unpaired) electrons. The molecule has 0 aromatic rings. The highest BCUT2D eigenvalue weighted by molar-refractivity contribution is 8.07. The number of nitrogens with one attached hydrogen (secondary N) is 3. The summed E-state index contributed by atoms with van der Waals surface area (Å²) in [5.74, 6) is 0.553. The zero-order valence-electron chi connectivity index (χ0n) is 21.3. The molecule has 0 spiro atoms. The number of aliphatic hydroxyl groups is 1. The lowest BCUT2D eigenvalue weighted by Crippen LogP contribution is -2.52. The van der Waals surface area contributed by atoms with Crippen LogP contribution in [0.2, 0.25) is 0 Å². The molecule has 0 bridgehead atoms. The van der Waals surface area contributed by atoms with Gasteiger partial charge in [0.25, 0.3) is 0 Å². The molecule has 2 saturated heterocycles. The smallest absolute Gasteiger partial charge is 0.325 e. The molecule has 41 heavy (non-hydrogen) atoms. The Balaban J connectivity index is 1.21. The van der Waals surface area contributed by atoms with Gasteiger partial charge in [-0.05, 0) is 29.7 Å². The number of amides is 2. The Bertz CT molecular complexity index is 1210. The summed E-state index contributed by atoms with van der Waals surface area (Å²) in [7, 11) is 0. The fraction of sp³-hybridized carbons (Fsp3) is 0.684. The molecule has 18 nitrogen and oxygen atoms in total. The molecule has 0 aromatic heterocycles. The number of carbonyl (C=O) groups excluding carboxylic acids is 1. The topological polar surface area (TPSA) is 251 Å². The fourth-order valence-electron chi connectivity index (χ4n) is 4.85. The van der Waals surface area contributed by atoms with E-state index in [1.54, 1.807) is 11.0 Å². The van der Waals surface area contributed by atoms with Crippen molar-refractivity contribution in [1.82, 2.24) is 25.8 Å². The molecule has 5 heterocycles. The van der Waals surface area contributed by atoms with Crippen LogP contribution in [0.25, 0.3) is 0 Å². The van der Waals surface area contributed by atoms with E-state index in [2.05, 4.69) is 32.7 Å². The summed E-state index contributed by atoms with van der Waals surface area (Å²) >= 11 is 9.77. The van der Waals surface area contributed by atoms with Gasteiger partial charge in [0.1, 0.15) is 30.8 Å². The van der Waals surface area contributed by atoms with Gasteiger partial charge in [0.15, 0.2) is 5.82 Å². The van der Waals surface area contributed by atoms with E-state index in [1.165, 1.54) is 17.4 Å². The van der Waals surface area contributed by atoms with Gasteiger partial charge in [-0.3, -0.25) is 4.90 Å². The lowest BCUT2D eigenvalue weighted by molar-refractivity contribution is -0.0657. The molecule has 0 saturated carbocycles. The minimum Gasteiger partial charge on any atom is -0.390 e. The Hall–Kier alpha value is -1.32. The summed E-state index contributed by atoms with van der Waals surface area (Å²) < 4.78 is 28.1. The fourth-order valence-corrected chi connectivity index (χ4v) is 6.84. The van der Waals surface area contributed by atoms with E-state index >= 15 is 0 Å². The summed E-state index contributed by atoms with van der Waals surface area (Å²) in [4.78, 5) is 49.6. The normalized spacial score (nSPS) is 36.7. The van der Waals surface area contributed by atoms with E-state index < -0.39 is 68.7 Å². The first-order chi connectivity index (χ1) is 19.3. The van der Waals surface area contributed by atoms with Crippen molar-refractivity contribution in [2.75, 3.05) is 19.9 Å². The van der Waals surface area contributed by atoms with E-state index in [-0.39, 0.29) is 26.1 Å². The lowest BCUT2D eigenvalue weighted by atomic mass is 10.2. The van der Waals surface area contributed by atoms with Gasteiger partial charge < -0.3 is 75.1 Å². The number of aliphatic hydroxyl groups excluding tert-OH is 1. The minimum absolute atomic E-state index is 0.0887. The van der Waals surface area contributed by atoms with Gasteiger partial charge in [-0.2, -0.15) is 0 Å². The SMILES string of the molecule is NC1C=CN([C@H]2C[C@@H](O)[C@@H](COP(O)(=S)O[C@@H]3C[C@H](N4CNC5=C4N=CNC5N)O[C@@H]3COP(O)(O)=S)O2)C(=O)N1. The molecule has 9 atom stereocenters. The van der Waals surface area contributed by atoms with E-state index in [4.69, 9.17) is 46.3 Å². The average molecular weight is 659 g/mol. The van der Waals surface area contributed by atoms with Crippen LogP contribution in [0.4, 0.5) is 4.79 Å². The minimum atomic E-state index is -4.02. The summed E-state index contributed by atoms with van der Waals surface area (Å²) in [6.07, 6.45) is -1.56. The molecule has 0 aliphatic carbocycles. The molecule has 230 valence electrons. The van der Waals surface area contributed by atoms with Gasteiger partial charge in [-0.25, -0.2) is 9.79 Å². The van der Waals surface area contributed by atoms with Crippen LogP contribution < -0.4 is 27.4 Å². The molecule has 3 unspecified atom stereocenters. The largest absolute Gasteiger partial charge is 0.390 e. The third kappa shape index (κ3) is 7.43. The molecule has 22 heteroatoms. The first-order valence-corrected chi connectivity index (χ1v) is 17.7. The third-order valence-corrected chi connectivity index (χ3v) is 9.19. The molecule has 0 aromatic carbocycles. The van der Waals surface area contributed by atoms with Crippen LogP contribution >= 0.6 is 13.4 Å². The van der Waals surface area contributed by atoms with Crippen molar-refractivity contribution in [3.8, 4) is 0 Å². The molecule has 2 amide bonds. The van der Waals surface area contributed by atoms with Crippen LogP contribution in [-0.4, -0.2) is 111 Å². The average Bonchev–Trinajstić information content (AvgIpc) is 3.58. The number of aliphatic imine (C=N–C) groups is 1. The van der Waals surface area contributed by atoms with E-state index in [9.17, 15) is 24.6 Å². The van der Waals surface area contributed by atoms with Crippen LogP contribution in [0.5, 0.6) is 0 Å². The van der Waals surface area contributed by atoms with E-state index in [0.29, 0.717) is 18.2 Å². The molecule has 5 aliphatic heterocycles. The second kappa shape index (κ2) is 12.4. The van der Waals surface area contributed by atoms with Crippen molar-refractivity contribution in [1.29, 1.82) is 0 Å². The van der Waals surface area contributed by atoms with E-state index in [0.717, 1.165) is 0 Å². The Morgan fingerprint density at radius 3 is 2.59 bits per heavy atom. The van der Waals surface area contributed by atoms with Crippen molar-refractivity contribution >= 4 is 49.4 Å². The lowest BCUT2D eigenvalue weighted by Gasteiger charge is -2.30. The van der Waals surface area contributed by atoms with Crippen LogP contribution in [0.3, 0.4) is 0 Å². The van der Waals surface area contributed by atoms with Gasteiger partial charge in [0, 0.05) is 19.0 Å². The summed E-state index contributed by atoms with van der Waals surface area (Å²) in [6, 6.07) is -0.483. The predicted molar refractivity (Wildman–Crippen MR) is 149 cm³/mol. The van der Waals surface area contributed by atoms with Crippen LogP contribution in [-0.2, 0) is 46.7 Å². The zero-order valence-corrected chi connectivity index (χ0v) is 24.8. The highest BCUT2D eigenvalue weighted by Gasteiger charge is 2.46.